The third-order valence-electron chi connectivity index (χ3n) is 3.42. The van der Waals surface area contributed by atoms with Crippen LogP contribution in [-0.4, -0.2) is 31.2 Å². The summed E-state index contributed by atoms with van der Waals surface area (Å²) in [7, 11) is 0. The van der Waals surface area contributed by atoms with Gasteiger partial charge in [0, 0.05) is 38.4 Å². The molecule has 0 radical (unpaired) electrons. The van der Waals surface area contributed by atoms with Crippen molar-refractivity contribution in [3.8, 4) is 0 Å². The zero-order chi connectivity index (χ0) is 13.1. The minimum Gasteiger partial charge on any atom is -0.432 e. The first kappa shape index (κ1) is 12.0. The number of benzene rings is 1. The van der Waals surface area contributed by atoms with E-state index in [9.17, 15) is 0 Å². The fourth-order valence-corrected chi connectivity index (χ4v) is 2.33. The van der Waals surface area contributed by atoms with Gasteiger partial charge in [-0.1, -0.05) is 18.2 Å². The van der Waals surface area contributed by atoms with Gasteiger partial charge in [0.25, 0.3) is 6.01 Å². The van der Waals surface area contributed by atoms with E-state index in [0.717, 1.165) is 31.9 Å². The standard InChI is InChI=1S/C14H18N4O/c15-10-12-11-19-14(16-12)18-8-6-17(7-9-18)13-4-2-1-3-5-13/h1-5,11H,6-10,15H2. The summed E-state index contributed by atoms with van der Waals surface area (Å²) in [4.78, 5) is 8.91. The number of hydrogen-bond donors (Lipinski definition) is 1. The van der Waals surface area contributed by atoms with E-state index >= 15 is 0 Å². The van der Waals surface area contributed by atoms with Crippen LogP contribution in [0.25, 0.3) is 0 Å². The molecule has 1 fully saturated rings. The quantitative estimate of drug-likeness (QED) is 0.903. The Kier molecular flexibility index (Phi) is 3.37. The van der Waals surface area contributed by atoms with E-state index < -0.39 is 0 Å². The molecule has 0 amide bonds. The summed E-state index contributed by atoms with van der Waals surface area (Å²) in [6.45, 7) is 4.21. The van der Waals surface area contributed by atoms with Crippen LogP contribution in [0, 0.1) is 0 Å². The molecule has 0 atom stereocenters. The molecular formula is C14H18N4O. The molecule has 5 heteroatoms. The van der Waals surface area contributed by atoms with Gasteiger partial charge in [-0.2, -0.15) is 4.98 Å². The third-order valence-corrected chi connectivity index (χ3v) is 3.42. The van der Waals surface area contributed by atoms with Crippen molar-refractivity contribution < 1.29 is 4.42 Å². The van der Waals surface area contributed by atoms with Gasteiger partial charge in [0.2, 0.25) is 0 Å². The van der Waals surface area contributed by atoms with Gasteiger partial charge < -0.3 is 20.0 Å². The number of oxazole rings is 1. The summed E-state index contributed by atoms with van der Waals surface area (Å²) in [5.74, 6) is 0. The SMILES string of the molecule is NCc1coc(N2CCN(c3ccccc3)CC2)n1. The molecule has 100 valence electrons. The largest absolute Gasteiger partial charge is 0.432 e. The van der Waals surface area contributed by atoms with E-state index in [-0.39, 0.29) is 0 Å². The summed E-state index contributed by atoms with van der Waals surface area (Å²) in [6.07, 6.45) is 1.64. The molecule has 19 heavy (non-hydrogen) atoms. The Morgan fingerprint density at radius 1 is 1.05 bits per heavy atom. The van der Waals surface area contributed by atoms with E-state index in [2.05, 4.69) is 39.0 Å². The van der Waals surface area contributed by atoms with Gasteiger partial charge in [-0.25, -0.2) is 0 Å². The van der Waals surface area contributed by atoms with Crippen LogP contribution in [0.2, 0.25) is 0 Å². The number of aromatic nitrogens is 1. The lowest BCUT2D eigenvalue weighted by molar-refractivity contribution is 0.516. The van der Waals surface area contributed by atoms with Crippen molar-refractivity contribution in [2.24, 2.45) is 5.73 Å². The minimum atomic E-state index is 0.424. The van der Waals surface area contributed by atoms with Gasteiger partial charge in [0.05, 0.1) is 5.69 Å². The van der Waals surface area contributed by atoms with Crippen LogP contribution in [-0.2, 0) is 6.54 Å². The lowest BCUT2D eigenvalue weighted by Crippen LogP contribution is -2.46. The van der Waals surface area contributed by atoms with Crippen molar-refractivity contribution in [2.75, 3.05) is 36.0 Å². The summed E-state index contributed by atoms with van der Waals surface area (Å²) >= 11 is 0. The molecule has 2 aromatic rings. The van der Waals surface area contributed by atoms with Gasteiger partial charge in [-0.05, 0) is 12.1 Å². The van der Waals surface area contributed by atoms with Crippen molar-refractivity contribution in [1.82, 2.24) is 4.98 Å². The molecule has 1 aromatic carbocycles. The van der Waals surface area contributed by atoms with Crippen LogP contribution in [0.1, 0.15) is 5.69 Å². The smallest absolute Gasteiger partial charge is 0.297 e. The Morgan fingerprint density at radius 3 is 2.37 bits per heavy atom. The zero-order valence-electron chi connectivity index (χ0n) is 10.8. The highest BCUT2D eigenvalue weighted by Gasteiger charge is 2.20. The van der Waals surface area contributed by atoms with E-state index in [1.54, 1.807) is 6.26 Å². The molecule has 1 aromatic heterocycles. The predicted molar refractivity (Wildman–Crippen MR) is 75.3 cm³/mol. The number of piperazine rings is 1. The second-order valence-corrected chi connectivity index (χ2v) is 4.64. The maximum absolute atomic E-state index is 5.54. The van der Waals surface area contributed by atoms with E-state index in [0.29, 0.717) is 12.6 Å². The van der Waals surface area contributed by atoms with Crippen molar-refractivity contribution in [1.29, 1.82) is 0 Å². The predicted octanol–water partition coefficient (Wildman–Crippen LogP) is 1.46. The molecule has 2 N–H and O–H groups in total. The van der Waals surface area contributed by atoms with Gasteiger partial charge in [0.1, 0.15) is 6.26 Å². The topological polar surface area (TPSA) is 58.5 Å². The maximum Gasteiger partial charge on any atom is 0.297 e. The van der Waals surface area contributed by atoms with Gasteiger partial charge in [-0.3, -0.25) is 0 Å². The van der Waals surface area contributed by atoms with Gasteiger partial charge >= 0.3 is 0 Å². The van der Waals surface area contributed by atoms with E-state index in [1.807, 2.05) is 6.07 Å². The molecule has 0 bridgehead atoms. The number of nitrogens with two attached hydrogens (primary N) is 1. The molecule has 2 heterocycles. The lowest BCUT2D eigenvalue weighted by Gasteiger charge is -2.35. The number of nitrogens with zero attached hydrogens (tertiary/aromatic N) is 3. The molecule has 1 aliphatic heterocycles. The average molecular weight is 258 g/mol. The van der Waals surface area contributed by atoms with Crippen LogP contribution < -0.4 is 15.5 Å². The first-order chi connectivity index (χ1) is 9.36. The Balaban J connectivity index is 1.63. The fourth-order valence-electron chi connectivity index (χ4n) is 2.33. The van der Waals surface area contributed by atoms with Gasteiger partial charge in [0.15, 0.2) is 0 Å². The highest BCUT2D eigenvalue weighted by atomic mass is 16.4. The summed E-state index contributed by atoms with van der Waals surface area (Å²) < 4.78 is 5.45. The fraction of sp³-hybridized carbons (Fsp3) is 0.357. The highest BCUT2D eigenvalue weighted by Crippen LogP contribution is 2.19. The summed E-state index contributed by atoms with van der Waals surface area (Å²) in [6, 6.07) is 11.2. The number of para-hydroxylation sites is 1. The molecule has 0 unspecified atom stereocenters. The van der Waals surface area contributed by atoms with Crippen molar-refractivity contribution in [3.05, 3.63) is 42.3 Å². The Hall–Kier alpha value is -2.01. The van der Waals surface area contributed by atoms with Crippen LogP contribution in [0.15, 0.2) is 41.0 Å². The lowest BCUT2D eigenvalue weighted by atomic mass is 10.2. The molecule has 0 spiro atoms. The number of rotatable bonds is 3. The number of hydrogen-bond acceptors (Lipinski definition) is 5. The molecular weight excluding hydrogens is 240 g/mol. The number of anilines is 2. The average Bonchev–Trinajstić information content (AvgIpc) is 2.97. The Labute approximate surface area is 112 Å². The van der Waals surface area contributed by atoms with Crippen LogP contribution >= 0.6 is 0 Å². The maximum atomic E-state index is 5.54. The summed E-state index contributed by atoms with van der Waals surface area (Å²) in [5, 5.41) is 0. The molecule has 1 aliphatic rings. The van der Waals surface area contributed by atoms with Crippen LogP contribution in [0.3, 0.4) is 0 Å². The summed E-state index contributed by atoms with van der Waals surface area (Å²) in [5.41, 5.74) is 7.62. The first-order valence-electron chi connectivity index (χ1n) is 6.56. The third kappa shape index (κ3) is 2.56. The molecule has 3 rings (SSSR count). The molecule has 0 saturated carbocycles. The molecule has 0 aliphatic carbocycles. The van der Waals surface area contributed by atoms with E-state index in [4.69, 9.17) is 10.2 Å². The zero-order valence-corrected chi connectivity index (χ0v) is 10.8. The monoisotopic (exact) mass is 258 g/mol. The van der Waals surface area contributed by atoms with Crippen molar-refractivity contribution >= 4 is 11.7 Å². The molecule has 5 nitrogen and oxygen atoms in total. The van der Waals surface area contributed by atoms with Crippen LogP contribution in [0.5, 0.6) is 0 Å². The molecule has 1 saturated heterocycles. The van der Waals surface area contributed by atoms with Gasteiger partial charge in [-0.15, -0.1) is 0 Å². The Bertz CT molecular complexity index is 517. The second kappa shape index (κ2) is 5.32. The van der Waals surface area contributed by atoms with Crippen LogP contribution in [0.4, 0.5) is 11.7 Å². The van der Waals surface area contributed by atoms with Crippen molar-refractivity contribution in [2.45, 2.75) is 6.54 Å². The highest BCUT2D eigenvalue weighted by molar-refractivity contribution is 5.47. The second-order valence-electron chi connectivity index (χ2n) is 4.64. The minimum absolute atomic E-state index is 0.424. The Morgan fingerprint density at radius 2 is 1.74 bits per heavy atom. The normalized spacial score (nSPS) is 15.8. The van der Waals surface area contributed by atoms with Crippen molar-refractivity contribution in [3.63, 3.8) is 0 Å². The van der Waals surface area contributed by atoms with E-state index in [1.165, 1.54) is 5.69 Å². The first-order valence-corrected chi connectivity index (χ1v) is 6.56.